The molecule has 31 heavy (non-hydrogen) atoms. The largest absolute Gasteiger partial charge is 0.348 e. The molecule has 0 amide bonds. The van der Waals surface area contributed by atoms with Crippen molar-refractivity contribution >= 4 is 38.6 Å². The number of nitrogens with zero attached hydrogens (tertiary/aromatic N) is 2. The molecule has 2 nitrogen and oxygen atoms in total. The van der Waals surface area contributed by atoms with Crippen molar-refractivity contribution in [3.05, 3.63) is 114 Å². The van der Waals surface area contributed by atoms with Crippen LogP contribution < -0.4 is 9.80 Å². The van der Waals surface area contributed by atoms with Crippen LogP contribution in [-0.4, -0.2) is 7.05 Å². The molecule has 1 aliphatic heterocycles. The number of hydrogen-bond donors (Lipinski definition) is 0. The van der Waals surface area contributed by atoms with Crippen LogP contribution in [0.4, 0.5) is 17.1 Å². The molecular weight excluding hydrogens is 376 g/mol. The highest BCUT2D eigenvalue weighted by molar-refractivity contribution is 6.08. The Morgan fingerprint density at radius 2 is 1.29 bits per heavy atom. The smallest absolute Gasteiger partial charge is 0.133 e. The molecule has 0 aliphatic carbocycles. The third-order valence-electron chi connectivity index (χ3n) is 6.58. The molecule has 0 radical (unpaired) electrons. The fourth-order valence-corrected chi connectivity index (χ4v) is 5.08. The number of aryl methyl sites for hydroxylation is 1. The number of rotatable bonds is 2. The summed E-state index contributed by atoms with van der Waals surface area (Å²) in [5.41, 5.74) is 6.37. The van der Waals surface area contributed by atoms with Gasteiger partial charge in [0.25, 0.3) is 0 Å². The van der Waals surface area contributed by atoms with Crippen LogP contribution in [0, 0.1) is 6.92 Å². The maximum atomic E-state index is 2.46. The summed E-state index contributed by atoms with van der Waals surface area (Å²) in [5, 5.41) is 5.22. The first-order valence-electron chi connectivity index (χ1n) is 10.8. The molecule has 0 bridgehead atoms. The fourth-order valence-electron chi connectivity index (χ4n) is 5.08. The van der Waals surface area contributed by atoms with Crippen molar-refractivity contribution < 1.29 is 0 Å². The Bertz CT molecular complexity index is 1420. The Labute approximate surface area is 183 Å². The quantitative estimate of drug-likeness (QED) is 0.282. The Kier molecular flexibility index (Phi) is 4.00. The molecular formula is C29H24N2. The highest BCUT2D eigenvalue weighted by Crippen LogP contribution is 2.50. The average molecular weight is 401 g/mol. The second-order valence-electron chi connectivity index (χ2n) is 8.40. The minimum Gasteiger partial charge on any atom is -0.348 e. The standard InChI is InChI=1S/C29H24N2/c1-20-18-26-22(17-16-21-10-6-7-13-24(21)26)19-25(20)29-30(2)27-14-8-9-15-28(27)31(29)23-11-4-3-5-12-23/h3-19,29H,1-2H3. The molecule has 0 N–H and O–H groups in total. The minimum absolute atomic E-state index is 0.107. The van der Waals surface area contributed by atoms with Gasteiger partial charge in [0.15, 0.2) is 0 Å². The third-order valence-corrected chi connectivity index (χ3v) is 6.58. The summed E-state index contributed by atoms with van der Waals surface area (Å²) in [5.74, 6) is 0. The zero-order valence-electron chi connectivity index (χ0n) is 17.8. The summed E-state index contributed by atoms with van der Waals surface area (Å²) in [4.78, 5) is 4.86. The highest BCUT2D eigenvalue weighted by atomic mass is 15.4. The van der Waals surface area contributed by atoms with Crippen molar-refractivity contribution in [1.29, 1.82) is 0 Å². The van der Waals surface area contributed by atoms with Gasteiger partial charge in [0, 0.05) is 12.7 Å². The fraction of sp³-hybridized carbons (Fsp3) is 0.103. The van der Waals surface area contributed by atoms with Crippen LogP contribution in [0.3, 0.4) is 0 Å². The molecule has 1 atom stereocenters. The van der Waals surface area contributed by atoms with Crippen LogP contribution in [0.1, 0.15) is 17.3 Å². The molecule has 1 unspecified atom stereocenters. The van der Waals surface area contributed by atoms with Crippen LogP contribution in [0.2, 0.25) is 0 Å². The van der Waals surface area contributed by atoms with Gasteiger partial charge in [-0.15, -0.1) is 0 Å². The summed E-state index contributed by atoms with van der Waals surface area (Å²) >= 11 is 0. The third kappa shape index (κ3) is 2.72. The monoisotopic (exact) mass is 400 g/mol. The van der Waals surface area contributed by atoms with Gasteiger partial charge in [0.1, 0.15) is 6.17 Å². The number of fused-ring (bicyclic) bond motifs is 4. The number of hydrogen-bond acceptors (Lipinski definition) is 2. The van der Waals surface area contributed by atoms with Crippen molar-refractivity contribution in [3.63, 3.8) is 0 Å². The predicted octanol–water partition coefficient (Wildman–Crippen LogP) is 7.59. The van der Waals surface area contributed by atoms with E-state index in [9.17, 15) is 0 Å². The Morgan fingerprint density at radius 3 is 2.13 bits per heavy atom. The average Bonchev–Trinajstić information content (AvgIpc) is 3.11. The van der Waals surface area contributed by atoms with Crippen molar-refractivity contribution in [2.24, 2.45) is 0 Å². The van der Waals surface area contributed by atoms with E-state index in [0.717, 1.165) is 0 Å². The van der Waals surface area contributed by atoms with Gasteiger partial charge in [-0.05, 0) is 69.9 Å². The van der Waals surface area contributed by atoms with Crippen LogP contribution in [0.25, 0.3) is 21.5 Å². The van der Waals surface area contributed by atoms with E-state index < -0.39 is 0 Å². The summed E-state index contributed by atoms with van der Waals surface area (Å²) < 4.78 is 0. The maximum absolute atomic E-state index is 2.46. The Morgan fingerprint density at radius 1 is 0.613 bits per heavy atom. The van der Waals surface area contributed by atoms with Crippen molar-refractivity contribution in [2.45, 2.75) is 13.1 Å². The lowest BCUT2D eigenvalue weighted by Gasteiger charge is -2.32. The molecule has 5 aromatic rings. The minimum atomic E-state index is 0.107. The summed E-state index contributed by atoms with van der Waals surface area (Å²) in [6.45, 7) is 2.25. The van der Waals surface area contributed by atoms with Crippen LogP contribution in [0.15, 0.2) is 103 Å². The number of benzene rings is 5. The van der Waals surface area contributed by atoms with Gasteiger partial charge in [-0.1, -0.05) is 72.8 Å². The molecule has 6 rings (SSSR count). The van der Waals surface area contributed by atoms with Crippen LogP contribution >= 0.6 is 0 Å². The van der Waals surface area contributed by atoms with E-state index in [4.69, 9.17) is 0 Å². The second kappa shape index (κ2) is 6.88. The van der Waals surface area contributed by atoms with E-state index in [0.29, 0.717) is 0 Å². The molecule has 0 saturated carbocycles. The molecule has 150 valence electrons. The lowest BCUT2D eigenvalue weighted by Crippen LogP contribution is -2.30. The lowest BCUT2D eigenvalue weighted by atomic mass is 9.95. The highest BCUT2D eigenvalue weighted by Gasteiger charge is 2.36. The van der Waals surface area contributed by atoms with E-state index in [1.807, 2.05) is 0 Å². The number of para-hydroxylation sites is 3. The maximum Gasteiger partial charge on any atom is 0.133 e. The van der Waals surface area contributed by atoms with E-state index in [1.54, 1.807) is 0 Å². The normalized spacial score (nSPS) is 15.6. The van der Waals surface area contributed by atoms with Crippen molar-refractivity contribution in [1.82, 2.24) is 0 Å². The van der Waals surface area contributed by atoms with Gasteiger partial charge in [0.05, 0.1) is 11.4 Å². The van der Waals surface area contributed by atoms with E-state index in [-0.39, 0.29) is 6.17 Å². The zero-order chi connectivity index (χ0) is 20.9. The van der Waals surface area contributed by atoms with Gasteiger partial charge in [0.2, 0.25) is 0 Å². The summed E-state index contributed by atoms with van der Waals surface area (Å²) in [7, 11) is 2.20. The Balaban J connectivity index is 1.58. The number of anilines is 3. The van der Waals surface area contributed by atoms with Crippen LogP contribution in [0.5, 0.6) is 0 Å². The molecule has 1 aliphatic rings. The summed E-state index contributed by atoms with van der Waals surface area (Å²) in [6.07, 6.45) is 0.107. The topological polar surface area (TPSA) is 6.48 Å². The second-order valence-corrected chi connectivity index (χ2v) is 8.40. The van der Waals surface area contributed by atoms with Gasteiger partial charge in [-0.2, -0.15) is 0 Å². The van der Waals surface area contributed by atoms with E-state index in [1.165, 1.54) is 49.7 Å². The van der Waals surface area contributed by atoms with Gasteiger partial charge in [-0.3, -0.25) is 0 Å². The first-order valence-corrected chi connectivity index (χ1v) is 10.8. The van der Waals surface area contributed by atoms with E-state index >= 15 is 0 Å². The molecule has 0 saturated heterocycles. The SMILES string of the molecule is Cc1cc2c(ccc3ccccc32)cc1C1N(C)c2ccccc2N1c1ccccc1. The first-order chi connectivity index (χ1) is 15.2. The predicted molar refractivity (Wildman–Crippen MR) is 132 cm³/mol. The van der Waals surface area contributed by atoms with Crippen LogP contribution in [-0.2, 0) is 0 Å². The van der Waals surface area contributed by atoms with Crippen molar-refractivity contribution in [2.75, 3.05) is 16.8 Å². The molecule has 2 heteroatoms. The van der Waals surface area contributed by atoms with Gasteiger partial charge in [-0.25, -0.2) is 0 Å². The Hall–Kier alpha value is -3.78. The van der Waals surface area contributed by atoms with Gasteiger partial charge < -0.3 is 9.80 Å². The summed E-state index contributed by atoms with van der Waals surface area (Å²) in [6, 6.07) is 37.3. The van der Waals surface area contributed by atoms with E-state index in [2.05, 4.69) is 127 Å². The first kappa shape index (κ1) is 18.0. The zero-order valence-corrected chi connectivity index (χ0v) is 17.8. The molecule has 0 aromatic heterocycles. The molecule has 1 heterocycles. The lowest BCUT2D eigenvalue weighted by molar-refractivity contribution is 0.715. The molecule has 0 fully saturated rings. The molecule has 5 aromatic carbocycles. The van der Waals surface area contributed by atoms with Crippen molar-refractivity contribution in [3.8, 4) is 0 Å². The van der Waals surface area contributed by atoms with Gasteiger partial charge >= 0.3 is 0 Å². The molecule has 0 spiro atoms.